The molecule has 0 heterocycles. The molecular formula is C15H24N2O2. The van der Waals surface area contributed by atoms with E-state index < -0.39 is 11.4 Å². The summed E-state index contributed by atoms with van der Waals surface area (Å²) in [4.78, 5) is 11.1. The predicted molar refractivity (Wildman–Crippen MR) is 77.0 cm³/mol. The highest BCUT2D eigenvalue weighted by Gasteiger charge is 2.25. The zero-order chi connectivity index (χ0) is 14.5. The summed E-state index contributed by atoms with van der Waals surface area (Å²) in [6.45, 7) is 6.31. The number of carbonyl (C=O) groups excluding carboxylic acids is 1. The first-order chi connectivity index (χ1) is 8.88. The fourth-order valence-electron chi connectivity index (χ4n) is 1.74. The molecule has 2 atom stereocenters. The Hall–Kier alpha value is -1.55. The molecule has 1 rings (SSSR count). The van der Waals surface area contributed by atoms with Gasteiger partial charge in [0.15, 0.2) is 0 Å². The van der Waals surface area contributed by atoms with Crippen molar-refractivity contribution in [2.24, 2.45) is 11.5 Å². The summed E-state index contributed by atoms with van der Waals surface area (Å²) in [5.74, 6) is 0.792. The van der Waals surface area contributed by atoms with E-state index in [1.54, 1.807) is 6.92 Å². The van der Waals surface area contributed by atoms with Gasteiger partial charge in [-0.15, -0.1) is 0 Å². The van der Waals surface area contributed by atoms with Crippen LogP contribution in [0.2, 0.25) is 0 Å². The molecule has 0 aliphatic rings. The second kappa shape index (κ2) is 6.57. The van der Waals surface area contributed by atoms with Gasteiger partial charge in [0.05, 0.1) is 12.1 Å². The Bertz CT molecular complexity index is 430. The highest BCUT2D eigenvalue weighted by atomic mass is 16.5. The summed E-state index contributed by atoms with van der Waals surface area (Å²) in [6, 6.07) is 7.96. The Morgan fingerprint density at radius 2 is 2.05 bits per heavy atom. The van der Waals surface area contributed by atoms with Crippen LogP contribution in [0.5, 0.6) is 5.75 Å². The Kier molecular flexibility index (Phi) is 5.36. The average molecular weight is 264 g/mol. The third kappa shape index (κ3) is 4.24. The largest absolute Gasteiger partial charge is 0.493 e. The van der Waals surface area contributed by atoms with Crippen molar-refractivity contribution in [1.82, 2.24) is 0 Å². The molecule has 0 aliphatic carbocycles. The van der Waals surface area contributed by atoms with E-state index in [2.05, 4.69) is 19.9 Å². The van der Waals surface area contributed by atoms with Crippen LogP contribution < -0.4 is 16.2 Å². The van der Waals surface area contributed by atoms with Gasteiger partial charge in [-0.3, -0.25) is 4.79 Å². The number of amides is 1. The number of benzene rings is 1. The summed E-state index contributed by atoms with van der Waals surface area (Å²) in [6.07, 6.45) is 1.45. The predicted octanol–water partition coefficient (Wildman–Crippen LogP) is 2.17. The van der Waals surface area contributed by atoms with Gasteiger partial charge in [0.25, 0.3) is 0 Å². The molecule has 4 heteroatoms. The molecule has 0 fully saturated rings. The number of primary amides is 1. The summed E-state index contributed by atoms with van der Waals surface area (Å²) < 4.78 is 5.76. The van der Waals surface area contributed by atoms with E-state index >= 15 is 0 Å². The van der Waals surface area contributed by atoms with Gasteiger partial charge >= 0.3 is 0 Å². The molecular weight excluding hydrogens is 240 g/mol. The molecule has 106 valence electrons. The van der Waals surface area contributed by atoms with Crippen LogP contribution in [-0.4, -0.2) is 18.1 Å². The maximum absolute atomic E-state index is 11.1. The van der Waals surface area contributed by atoms with Crippen molar-refractivity contribution in [3.63, 3.8) is 0 Å². The minimum Gasteiger partial charge on any atom is -0.493 e. The number of hydrogen-bond donors (Lipinski definition) is 2. The highest BCUT2D eigenvalue weighted by molar-refractivity contribution is 5.83. The van der Waals surface area contributed by atoms with E-state index in [4.69, 9.17) is 16.2 Å². The first-order valence-electron chi connectivity index (χ1n) is 6.69. The molecule has 19 heavy (non-hydrogen) atoms. The van der Waals surface area contributed by atoms with Gasteiger partial charge in [0.2, 0.25) is 5.91 Å². The first-order valence-corrected chi connectivity index (χ1v) is 6.69. The van der Waals surface area contributed by atoms with Crippen LogP contribution in [0.25, 0.3) is 0 Å². The Labute approximate surface area is 115 Å². The Morgan fingerprint density at radius 1 is 1.42 bits per heavy atom. The van der Waals surface area contributed by atoms with E-state index in [0.29, 0.717) is 18.9 Å². The topological polar surface area (TPSA) is 78.3 Å². The lowest BCUT2D eigenvalue weighted by molar-refractivity contribution is -0.123. The lowest BCUT2D eigenvalue weighted by Gasteiger charge is -2.21. The first kappa shape index (κ1) is 15.5. The third-order valence-electron chi connectivity index (χ3n) is 3.50. The molecule has 0 spiro atoms. The van der Waals surface area contributed by atoms with Crippen molar-refractivity contribution in [3.8, 4) is 5.75 Å². The van der Waals surface area contributed by atoms with E-state index in [0.717, 1.165) is 12.2 Å². The molecule has 0 radical (unpaired) electrons. The molecule has 0 saturated heterocycles. The number of hydrogen-bond acceptors (Lipinski definition) is 3. The van der Waals surface area contributed by atoms with Crippen molar-refractivity contribution < 1.29 is 9.53 Å². The second-order valence-corrected chi connectivity index (χ2v) is 5.23. The van der Waals surface area contributed by atoms with Crippen LogP contribution in [0, 0.1) is 0 Å². The summed E-state index contributed by atoms with van der Waals surface area (Å²) in [7, 11) is 0. The van der Waals surface area contributed by atoms with Gasteiger partial charge in [0, 0.05) is 6.42 Å². The Morgan fingerprint density at radius 3 is 2.63 bits per heavy atom. The van der Waals surface area contributed by atoms with E-state index in [1.807, 2.05) is 18.2 Å². The molecule has 1 amide bonds. The lowest BCUT2D eigenvalue weighted by Crippen LogP contribution is -2.50. The highest BCUT2D eigenvalue weighted by Crippen LogP contribution is 2.28. The standard InChI is InChI=1S/C15H24N2O2/c1-4-11(2)12-7-5-6-8-13(12)19-10-9-15(3,17)14(16)18/h5-8,11H,4,9-10,17H2,1-3H3,(H2,16,18). The smallest absolute Gasteiger partial charge is 0.237 e. The van der Waals surface area contributed by atoms with E-state index in [-0.39, 0.29) is 0 Å². The summed E-state index contributed by atoms with van der Waals surface area (Å²) in [5.41, 5.74) is 11.2. The molecule has 0 bridgehead atoms. The zero-order valence-corrected chi connectivity index (χ0v) is 12.0. The SMILES string of the molecule is CCC(C)c1ccccc1OCCC(C)(N)C(N)=O. The monoisotopic (exact) mass is 264 g/mol. The molecule has 2 unspecified atom stereocenters. The zero-order valence-electron chi connectivity index (χ0n) is 12.0. The van der Waals surface area contributed by atoms with Crippen molar-refractivity contribution in [2.75, 3.05) is 6.61 Å². The molecule has 1 aromatic rings. The van der Waals surface area contributed by atoms with Crippen LogP contribution in [0.15, 0.2) is 24.3 Å². The van der Waals surface area contributed by atoms with Gasteiger partial charge in [-0.05, 0) is 30.9 Å². The van der Waals surface area contributed by atoms with Crippen LogP contribution in [0.1, 0.15) is 45.1 Å². The van der Waals surface area contributed by atoms with Crippen molar-refractivity contribution in [2.45, 2.75) is 45.1 Å². The van der Waals surface area contributed by atoms with Crippen LogP contribution >= 0.6 is 0 Å². The molecule has 0 saturated carbocycles. The molecule has 4 N–H and O–H groups in total. The fraction of sp³-hybridized carbons (Fsp3) is 0.533. The number of para-hydroxylation sites is 1. The maximum atomic E-state index is 11.1. The molecule has 0 aromatic heterocycles. The van der Waals surface area contributed by atoms with Crippen LogP contribution in [0.4, 0.5) is 0 Å². The number of nitrogens with two attached hydrogens (primary N) is 2. The van der Waals surface area contributed by atoms with Crippen LogP contribution in [-0.2, 0) is 4.79 Å². The second-order valence-electron chi connectivity index (χ2n) is 5.23. The van der Waals surface area contributed by atoms with Crippen LogP contribution in [0.3, 0.4) is 0 Å². The molecule has 0 aliphatic heterocycles. The fourth-order valence-corrected chi connectivity index (χ4v) is 1.74. The number of rotatable bonds is 7. The molecule has 1 aromatic carbocycles. The maximum Gasteiger partial charge on any atom is 0.237 e. The quantitative estimate of drug-likeness (QED) is 0.792. The Balaban J connectivity index is 2.66. The summed E-state index contributed by atoms with van der Waals surface area (Å²) >= 11 is 0. The normalized spacial score (nSPS) is 15.6. The van der Waals surface area contributed by atoms with E-state index in [1.165, 1.54) is 5.56 Å². The lowest BCUT2D eigenvalue weighted by atomic mass is 9.97. The van der Waals surface area contributed by atoms with Gasteiger partial charge < -0.3 is 16.2 Å². The van der Waals surface area contributed by atoms with Gasteiger partial charge in [-0.2, -0.15) is 0 Å². The summed E-state index contributed by atoms with van der Waals surface area (Å²) in [5, 5.41) is 0. The van der Waals surface area contributed by atoms with Crippen molar-refractivity contribution in [3.05, 3.63) is 29.8 Å². The van der Waals surface area contributed by atoms with Gasteiger partial charge in [0.1, 0.15) is 5.75 Å². The third-order valence-corrected chi connectivity index (χ3v) is 3.50. The minimum atomic E-state index is -1.02. The minimum absolute atomic E-state index is 0.378. The molecule has 4 nitrogen and oxygen atoms in total. The average Bonchev–Trinajstić information content (AvgIpc) is 2.38. The van der Waals surface area contributed by atoms with Crippen molar-refractivity contribution >= 4 is 5.91 Å². The van der Waals surface area contributed by atoms with Gasteiger partial charge in [-0.25, -0.2) is 0 Å². The number of ether oxygens (including phenoxy) is 1. The van der Waals surface area contributed by atoms with Gasteiger partial charge in [-0.1, -0.05) is 32.0 Å². The van der Waals surface area contributed by atoms with E-state index in [9.17, 15) is 4.79 Å². The van der Waals surface area contributed by atoms with Crippen molar-refractivity contribution in [1.29, 1.82) is 0 Å². The number of carbonyl (C=O) groups is 1.